The lowest BCUT2D eigenvalue weighted by atomic mass is 10.1. The van der Waals surface area contributed by atoms with Crippen molar-refractivity contribution in [3.8, 4) is 0 Å². The van der Waals surface area contributed by atoms with Gasteiger partial charge in [-0.2, -0.15) is 0 Å². The van der Waals surface area contributed by atoms with Crippen LogP contribution in [0.25, 0.3) is 0 Å². The maximum Gasteiger partial charge on any atom is 0.156 e. The zero-order chi connectivity index (χ0) is 15.6. The molecule has 3 nitrogen and oxygen atoms in total. The van der Waals surface area contributed by atoms with Crippen LogP contribution in [0.2, 0.25) is 5.02 Å². The Bertz CT molecular complexity index is 567. The predicted molar refractivity (Wildman–Crippen MR) is 81.4 cm³/mol. The second-order valence-electron chi connectivity index (χ2n) is 5.77. The second-order valence-corrected chi connectivity index (χ2v) is 9.04. The van der Waals surface area contributed by atoms with Gasteiger partial charge in [-0.3, -0.25) is 0 Å². The highest BCUT2D eigenvalue weighted by atomic mass is 35.5. The molecular weight excluding hydrogens is 301 g/mol. The maximum atomic E-state index is 13.0. The molecule has 1 aromatic carbocycles. The number of halogens is 2. The summed E-state index contributed by atoms with van der Waals surface area (Å²) in [5, 5.41) is 3.44. The second kappa shape index (κ2) is 6.41. The summed E-state index contributed by atoms with van der Waals surface area (Å²) >= 11 is 5.97. The summed E-state index contributed by atoms with van der Waals surface area (Å²) in [6.07, 6.45) is 0. The number of hydrogen-bond donors (Lipinski definition) is 1. The Kier molecular flexibility index (Phi) is 5.58. The third-order valence-corrected chi connectivity index (χ3v) is 6.12. The summed E-state index contributed by atoms with van der Waals surface area (Å²) in [7, 11) is -3.15. The lowest BCUT2D eigenvalue weighted by molar-refractivity contribution is 0.546. The van der Waals surface area contributed by atoms with Crippen LogP contribution in [0.1, 0.15) is 39.3 Å². The van der Waals surface area contributed by atoms with Crippen LogP contribution >= 0.6 is 11.6 Å². The standard InChI is InChI=1S/C14H21ClFNO2S/c1-10(12-6-5-11(16)9-13(12)15)17-7-8-20(18,19)14(2,3)4/h5-6,9-10,17H,7-8H2,1-4H3/t10-/m1/s1. The van der Waals surface area contributed by atoms with Crippen LogP contribution < -0.4 is 5.32 Å². The fourth-order valence-corrected chi connectivity index (χ4v) is 3.01. The van der Waals surface area contributed by atoms with Crippen LogP contribution in [0.5, 0.6) is 0 Å². The van der Waals surface area contributed by atoms with E-state index >= 15 is 0 Å². The molecule has 0 aliphatic rings. The Labute approximate surface area is 125 Å². The molecule has 20 heavy (non-hydrogen) atoms. The molecule has 0 spiro atoms. The van der Waals surface area contributed by atoms with Crippen LogP contribution in [-0.2, 0) is 9.84 Å². The van der Waals surface area contributed by atoms with Gasteiger partial charge in [-0.25, -0.2) is 12.8 Å². The van der Waals surface area contributed by atoms with Gasteiger partial charge in [-0.1, -0.05) is 17.7 Å². The van der Waals surface area contributed by atoms with E-state index in [4.69, 9.17) is 11.6 Å². The van der Waals surface area contributed by atoms with E-state index in [0.717, 1.165) is 5.56 Å². The molecule has 0 aromatic heterocycles. The fourth-order valence-electron chi connectivity index (χ4n) is 1.68. The smallest absolute Gasteiger partial charge is 0.156 e. The van der Waals surface area contributed by atoms with Gasteiger partial charge in [0.15, 0.2) is 9.84 Å². The normalized spacial score (nSPS) is 14.3. The zero-order valence-electron chi connectivity index (χ0n) is 12.2. The summed E-state index contributed by atoms with van der Waals surface area (Å²) in [5.74, 6) is -0.333. The van der Waals surface area contributed by atoms with Crippen molar-refractivity contribution in [1.29, 1.82) is 0 Å². The highest BCUT2D eigenvalue weighted by Gasteiger charge is 2.28. The molecule has 0 heterocycles. The molecule has 0 radical (unpaired) electrons. The average Bonchev–Trinajstić information content (AvgIpc) is 2.26. The molecule has 6 heteroatoms. The van der Waals surface area contributed by atoms with Crippen molar-refractivity contribution in [3.05, 3.63) is 34.6 Å². The van der Waals surface area contributed by atoms with Gasteiger partial charge >= 0.3 is 0 Å². The highest BCUT2D eigenvalue weighted by Crippen LogP contribution is 2.23. The van der Waals surface area contributed by atoms with Crippen LogP contribution in [0, 0.1) is 5.82 Å². The molecule has 0 unspecified atom stereocenters. The summed E-state index contributed by atoms with van der Waals surface area (Å²) in [4.78, 5) is 0. The third kappa shape index (κ3) is 4.43. The molecule has 1 rings (SSSR count). The van der Waals surface area contributed by atoms with E-state index in [-0.39, 0.29) is 17.6 Å². The van der Waals surface area contributed by atoms with E-state index in [9.17, 15) is 12.8 Å². The van der Waals surface area contributed by atoms with Crippen molar-refractivity contribution in [2.24, 2.45) is 0 Å². The van der Waals surface area contributed by atoms with Gasteiger partial charge in [0.1, 0.15) is 5.82 Å². The monoisotopic (exact) mass is 321 g/mol. The molecule has 0 aliphatic heterocycles. The zero-order valence-corrected chi connectivity index (χ0v) is 13.8. The first kappa shape index (κ1) is 17.4. The van der Waals surface area contributed by atoms with Gasteiger partial charge in [-0.15, -0.1) is 0 Å². The Balaban J connectivity index is 2.63. The minimum atomic E-state index is -3.15. The Hall–Kier alpha value is -0.650. The molecule has 0 saturated carbocycles. The van der Waals surface area contributed by atoms with Crippen LogP contribution in [0.4, 0.5) is 4.39 Å². The van der Waals surface area contributed by atoms with Gasteiger partial charge in [-0.05, 0) is 45.4 Å². The van der Waals surface area contributed by atoms with Crippen molar-refractivity contribution < 1.29 is 12.8 Å². The largest absolute Gasteiger partial charge is 0.309 e. The molecule has 0 amide bonds. The molecule has 0 fully saturated rings. The number of hydrogen-bond acceptors (Lipinski definition) is 3. The highest BCUT2D eigenvalue weighted by molar-refractivity contribution is 7.92. The predicted octanol–water partition coefficient (Wildman–Crippen LogP) is 3.34. The van der Waals surface area contributed by atoms with E-state index < -0.39 is 14.6 Å². The summed E-state index contributed by atoms with van der Waals surface area (Å²) in [6, 6.07) is 4.05. The fraction of sp³-hybridized carbons (Fsp3) is 0.571. The lowest BCUT2D eigenvalue weighted by Crippen LogP contribution is -2.35. The molecule has 0 bridgehead atoms. The minimum absolute atomic E-state index is 0.0552. The summed E-state index contributed by atoms with van der Waals surface area (Å²) in [6.45, 7) is 7.24. The number of rotatable bonds is 5. The van der Waals surface area contributed by atoms with E-state index in [1.165, 1.54) is 12.1 Å². The lowest BCUT2D eigenvalue weighted by Gasteiger charge is -2.21. The number of sulfone groups is 1. The van der Waals surface area contributed by atoms with Crippen LogP contribution in [0.3, 0.4) is 0 Å². The van der Waals surface area contributed by atoms with E-state index in [1.807, 2.05) is 6.92 Å². The first-order valence-electron chi connectivity index (χ1n) is 6.45. The molecule has 114 valence electrons. The molecular formula is C14H21ClFNO2S. The van der Waals surface area contributed by atoms with E-state index in [1.54, 1.807) is 26.8 Å². The SMILES string of the molecule is C[C@@H](NCCS(=O)(=O)C(C)(C)C)c1ccc(F)cc1Cl. The summed E-state index contributed by atoms with van der Waals surface area (Å²) < 4.78 is 36.1. The van der Waals surface area contributed by atoms with E-state index in [0.29, 0.717) is 11.6 Å². The van der Waals surface area contributed by atoms with E-state index in [2.05, 4.69) is 5.32 Å². The van der Waals surface area contributed by atoms with Crippen molar-refractivity contribution in [3.63, 3.8) is 0 Å². The quantitative estimate of drug-likeness (QED) is 0.904. The molecule has 1 N–H and O–H groups in total. The van der Waals surface area contributed by atoms with Crippen LogP contribution in [0.15, 0.2) is 18.2 Å². The van der Waals surface area contributed by atoms with Crippen LogP contribution in [-0.4, -0.2) is 25.5 Å². The first-order valence-corrected chi connectivity index (χ1v) is 8.48. The number of nitrogens with one attached hydrogen (secondary N) is 1. The molecule has 1 aromatic rings. The summed E-state index contributed by atoms with van der Waals surface area (Å²) in [5.41, 5.74) is 0.751. The molecule has 0 aliphatic carbocycles. The maximum absolute atomic E-state index is 13.0. The van der Waals surface area contributed by atoms with Gasteiger partial charge in [0.2, 0.25) is 0 Å². The van der Waals surface area contributed by atoms with Crippen molar-refractivity contribution in [2.45, 2.75) is 38.5 Å². The Morgan fingerprint density at radius 2 is 1.95 bits per heavy atom. The molecule has 0 saturated heterocycles. The Morgan fingerprint density at radius 3 is 2.45 bits per heavy atom. The van der Waals surface area contributed by atoms with Crippen molar-refractivity contribution in [2.75, 3.05) is 12.3 Å². The third-order valence-electron chi connectivity index (χ3n) is 3.18. The van der Waals surface area contributed by atoms with Gasteiger partial charge in [0, 0.05) is 17.6 Å². The average molecular weight is 322 g/mol. The Morgan fingerprint density at radius 1 is 1.35 bits per heavy atom. The van der Waals surface area contributed by atoms with Gasteiger partial charge < -0.3 is 5.32 Å². The van der Waals surface area contributed by atoms with Gasteiger partial charge in [0.05, 0.1) is 10.5 Å². The molecule has 1 atom stereocenters. The first-order chi connectivity index (χ1) is 9.04. The van der Waals surface area contributed by atoms with Crippen molar-refractivity contribution in [1.82, 2.24) is 5.32 Å². The number of benzene rings is 1. The topological polar surface area (TPSA) is 46.2 Å². The van der Waals surface area contributed by atoms with Gasteiger partial charge in [0.25, 0.3) is 0 Å². The van der Waals surface area contributed by atoms with Crippen molar-refractivity contribution >= 4 is 21.4 Å². The minimum Gasteiger partial charge on any atom is -0.309 e.